The molecule has 3 nitrogen and oxygen atoms in total. The second-order valence-electron chi connectivity index (χ2n) is 8.32. The molecule has 122 valence electrons. The van der Waals surface area contributed by atoms with Crippen LogP contribution in [-0.2, 0) is 11.2 Å². The lowest BCUT2D eigenvalue weighted by atomic mass is 9.62. The highest BCUT2D eigenvalue weighted by molar-refractivity contribution is 6.00. The summed E-state index contributed by atoms with van der Waals surface area (Å²) >= 11 is 0. The summed E-state index contributed by atoms with van der Waals surface area (Å²) in [7, 11) is 1.87. The van der Waals surface area contributed by atoms with Crippen LogP contribution in [0.15, 0.2) is 18.2 Å². The number of nitrogens with zero attached hydrogens (tertiary/aromatic N) is 1. The van der Waals surface area contributed by atoms with Crippen molar-refractivity contribution in [2.75, 3.05) is 11.9 Å². The van der Waals surface area contributed by atoms with Gasteiger partial charge < -0.3 is 10.2 Å². The zero-order valence-electron chi connectivity index (χ0n) is 14.1. The molecule has 0 spiro atoms. The summed E-state index contributed by atoms with van der Waals surface area (Å²) in [6.07, 6.45) is 6.44. The molecule has 1 aliphatic heterocycles. The molecule has 1 amide bonds. The second kappa shape index (κ2) is 4.83. The molecule has 1 aromatic carbocycles. The van der Waals surface area contributed by atoms with Crippen LogP contribution in [0.25, 0.3) is 0 Å². The smallest absolute Gasteiger partial charge is 0.231 e. The van der Waals surface area contributed by atoms with Gasteiger partial charge >= 0.3 is 0 Å². The predicted molar refractivity (Wildman–Crippen MR) is 91.3 cm³/mol. The van der Waals surface area contributed by atoms with Crippen molar-refractivity contribution in [2.24, 2.45) is 23.7 Å². The minimum atomic E-state index is 0.210. The van der Waals surface area contributed by atoms with Crippen molar-refractivity contribution in [2.45, 2.75) is 51.1 Å². The molecule has 0 radical (unpaired) electrons. The molecule has 3 heteroatoms. The summed E-state index contributed by atoms with van der Waals surface area (Å²) in [5.74, 6) is 4.26. The summed E-state index contributed by atoms with van der Waals surface area (Å²) in [6, 6.07) is 7.66. The van der Waals surface area contributed by atoms with E-state index in [0.29, 0.717) is 12.5 Å². The van der Waals surface area contributed by atoms with Gasteiger partial charge in [-0.15, -0.1) is 0 Å². The Balaban J connectivity index is 1.30. The van der Waals surface area contributed by atoms with E-state index in [0.717, 1.165) is 35.4 Å². The average Bonchev–Trinajstić information content (AvgIpc) is 3.15. The number of hydrogen-bond donors (Lipinski definition) is 1. The SMILES string of the molecule is CC(NC1C[C@H]2[C@@H]3CC[C@@H](C3)[C@@H]12)c1ccc2c(c1)CC(=O)N2C. The number of benzene rings is 1. The highest BCUT2D eigenvalue weighted by Crippen LogP contribution is 2.61. The van der Waals surface area contributed by atoms with Crippen LogP contribution in [-0.4, -0.2) is 19.0 Å². The maximum Gasteiger partial charge on any atom is 0.231 e. The molecule has 1 aromatic rings. The summed E-state index contributed by atoms with van der Waals surface area (Å²) in [4.78, 5) is 13.6. The van der Waals surface area contributed by atoms with Crippen LogP contribution in [0.3, 0.4) is 0 Å². The van der Waals surface area contributed by atoms with Gasteiger partial charge in [0.25, 0.3) is 0 Å². The van der Waals surface area contributed by atoms with Crippen molar-refractivity contribution >= 4 is 11.6 Å². The zero-order chi connectivity index (χ0) is 15.7. The fraction of sp³-hybridized carbons (Fsp3) is 0.650. The van der Waals surface area contributed by atoms with Crippen molar-refractivity contribution in [1.29, 1.82) is 0 Å². The van der Waals surface area contributed by atoms with Crippen LogP contribution in [0, 0.1) is 23.7 Å². The summed E-state index contributed by atoms with van der Waals surface area (Å²) in [5.41, 5.74) is 3.61. The molecule has 3 aliphatic carbocycles. The lowest BCUT2D eigenvalue weighted by molar-refractivity contribution is -0.117. The number of carbonyl (C=O) groups excluding carboxylic acids is 1. The molecule has 2 unspecified atom stereocenters. The van der Waals surface area contributed by atoms with Gasteiger partial charge in [-0.2, -0.15) is 0 Å². The van der Waals surface area contributed by atoms with Crippen LogP contribution >= 0.6 is 0 Å². The number of nitrogens with one attached hydrogen (secondary N) is 1. The topological polar surface area (TPSA) is 32.3 Å². The third-order valence-corrected chi connectivity index (χ3v) is 7.29. The van der Waals surface area contributed by atoms with E-state index in [1.165, 1.54) is 36.8 Å². The molecule has 0 aromatic heterocycles. The monoisotopic (exact) mass is 310 g/mol. The number of hydrogen-bond acceptors (Lipinski definition) is 2. The Morgan fingerprint density at radius 3 is 2.87 bits per heavy atom. The highest BCUT2D eigenvalue weighted by atomic mass is 16.2. The van der Waals surface area contributed by atoms with Gasteiger partial charge in [-0.05, 0) is 73.5 Å². The standard InChI is InChI=1S/C20H26N2O/c1-11(12-5-6-18-15(7-12)9-19(23)22(18)2)21-17-10-16-13-3-4-14(8-13)20(16)17/h5-7,11,13-14,16-17,20-21H,3-4,8-10H2,1-2H3/t11?,13-,14+,16+,17?,20-/m1/s1. The van der Waals surface area contributed by atoms with Gasteiger partial charge in [-0.1, -0.05) is 12.1 Å². The first-order valence-corrected chi connectivity index (χ1v) is 9.27. The molecule has 23 heavy (non-hydrogen) atoms. The maximum atomic E-state index is 11.9. The first-order valence-electron chi connectivity index (χ1n) is 9.27. The Labute approximate surface area is 138 Å². The van der Waals surface area contributed by atoms with Crippen molar-refractivity contribution in [3.8, 4) is 0 Å². The van der Waals surface area contributed by atoms with E-state index in [9.17, 15) is 4.79 Å². The Hall–Kier alpha value is -1.35. The fourth-order valence-corrected chi connectivity index (χ4v) is 6.04. The predicted octanol–water partition coefficient (Wildman–Crippen LogP) is 3.29. The summed E-state index contributed by atoms with van der Waals surface area (Å²) in [5, 5.41) is 3.90. The van der Waals surface area contributed by atoms with Crippen molar-refractivity contribution in [1.82, 2.24) is 5.32 Å². The quantitative estimate of drug-likeness (QED) is 0.929. The van der Waals surface area contributed by atoms with Crippen LogP contribution in [0.2, 0.25) is 0 Å². The number of amides is 1. The number of anilines is 1. The second-order valence-corrected chi connectivity index (χ2v) is 8.32. The van der Waals surface area contributed by atoms with Crippen molar-refractivity contribution in [3.63, 3.8) is 0 Å². The summed E-state index contributed by atoms with van der Waals surface area (Å²) in [6.45, 7) is 2.28. The average molecular weight is 310 g/mol. The molecule has 6 atom stereocenters. The van der Waals surface area contributed by atoms with E-state index in [4.69, 9.17) is 0 Å². The van der Waals surface area contributed by atoms with Crippen LogP contribution in [0.4, 0.5) is 5.69 Å². The molecule has 4 aliphatic rings. The van der Waals surface area contributed by atoms with Crippen molar-refractivity contribution < 1.29 is 4.79 Å². The van der Waals surface area contributed by atoms with Gasteiger partial charge in [0, 0.05) is 24.8 Å². The van der Waals surface area contributed by atoms with Gasteiger partial charge in [0.2, 0.25) is 5.91 Å². The van der Waals surface area contributed by atoms with E-state index in [1.807, 2.05) is 7.05 Å². The largest absolute Gasteiger partial charge is 0.315 e. The Kier molecular flexibility index (Phi) is 2.94. The van der Waals surface area contributed by atoms with E-state index in [2.05, 4.69) is 30.4 Å². The Bertz CT molecular complexity index is 668. The van der Waals surface area contributed by atoms with E-state index < -0.39 is 0 Å². The van der Waals surface area contributed by atoms with Gasteiger partial charge in [0.1, 0.15) is 0 Å². The van der Waals surface area contributed by atoms with Gasteiger partial charge in [0.05, 0.1) is 6.42 Å². The first-order chi connectivity index (χ1) is 11.1. The van der Waals surface area contributed by atoms with Crippen molar-refractivity contribution in [3.05, 3.63) is 29.3 Å². The van der Waals surface area contributed by atoms with E-state index in [-0.39, 0.29) is 5.91 Å². The molecule has 5 rings (SSSR count). The van der Waals surface area contributed by atoms with Gasteiger partial charge in [-0.25, -0.2) is 0 Å². The normalized spacial score (nSPS) is 38.4. The van der Waals surface area contributed by atoms with Crippen LogP contribution in [0.5, 0.6) is 0 Å². The Morgan fingerprint density at radius 2 is 2.04 bits per heavy atom. The highest BCUT2D eigenvalue weighted by Gasteiger charge is 2.57. The third kappa shape index (κ3) is 1.95. The minimum Gasteiger partial charge on any atom is -0.315 e. The lowest BCUT2D eigenvalue weighted by Gasteiger charge is -2.49. The molecule has 2 bridgehead atoms. The minimum absolute atomic E-state index is 0.210. The third-order valence-electron chi connectivity index (χ3n) is 7.29. The van der Waals surface area contributed by atoms with E-state index in [1.54, 1.807) is 4.90 Å². The fourth-order valence-electron chi connectivity index (χ4n) is 6.04. The molecule has 0 saturated heterocycles. The first kappa shape index (κ1) is 14.0. The molecule has 3 saturated carbocycles. The number of rotatable bonds is 3. The summed E-state index contributed by atoms with van der Waals surface area (Å²) < 4.78 is 0. The van der Waals surface area contributed by atoms with E-state index >= 15 is 0 Å². The van der Waals surface area contributed by atoms with Gasteiger partial charge in [0.15, 0.2) is 0 Å². The molecule has 1 N–H and O–H groups in total. The maximum absolute atomic E-state index is 11.9. The number of likely N-dealkylation sites (N-methyl/N-ethyl adjacent to an activating group) is 1. The molecular weight excluding hydrogens is 284 g/mol. The van der Waals surface area contributed by atoms with Crippen LogP contribution in [0.1, 0.15) is 49.8 Å². The lowest BCUT2D eigenvalue weighted by Crippen LogP contribution is -2.53. The van der Waals surface area contributed by atoms with Gasteiger partial charge in [-0.3, -0.25) is 4.79 Å². The Morgan fingerprint density at radius 1 is 1.22 bits per heavy atom. The molecule has 3 fully saturated rings. The number of fused-ring (bicyclic) bond motifs is 6. The zero-order valence-corrected chi connectivity index (χ0v) is 14.1. The molecule has 1 heterocycles. The molecular formula is C20H26N2O. The number of carbonyl (C=O) groups is 1. The van der Waals surface area contributed by atoms with Crippen LogP contribution < -0.4 is 10.2 Å².